The maximum Gasteiger partial charge on any atom is 0.319 e. The fourth-order valence-corrected chi connectivity index (χ4v) is 1.57. The van der Waals surface area contributed by atoms with Crippen molar-refractivity contribution >= 4 is 17.6 Å². The lowest BCUT2D eigenvalue weighted by atomic mass is 10.2. The first kappa shape index (κ1) is 16.0. The zero-order valence-electron chi connectivity index (χ0n) is 12.1. The van der Waals surface area contributed by atoms with Crippen LogP contribution >= 0.6 is 0 Å². The molecular weight excluding hydrogens is 256 g/mol. The summed E-state index contributed by atoms with van der Waals surface area (Å²) in [6.07, 6.45) is 0. The van der Waals surface area contributed by atoms with Gasteiger partial charge in [0.15, 0.2) is 0 Å². The van der Waals surface area contributed by atoms with Crippen LogP contribution in [-0.4, -0.2) is 38.1 Å². The molecule has 6 nitrogen and oxygen atoms in total. The minimum Gasteiger partial charge on any atom is -0.351 e. The van der Waals surface area contributed by atoms with Crippen LogP contribution in [0.15, 0.2) is 24.3 Å². The highest BCUT2D eigenvalue weighted by Crippen LogP contribution is 2.10. The van der Waals surface area contributed by atoms with E-state index in [9.17, 15) is 9.59 Å². The summed E-state index contributed by atoms with van der Waals surface area (Å²) in [5.74, 6) is -0.159. The molecule has 0 spiro atoms. The van der Waals surface area contributed by atoms with Gasteiger partial charge in [-0.1, -0.05) is 6.07 Å². The van der Waals surface area contributed by atoms with E-state index in [4.69, 9.17) is 0 Å². The van der Waals surface area contributed by atoms with Crippen molar-refractivity contribution in [2.24, 2.45) is 0 Å². The molecule has 3 amide bonds. The predicted octanol–water partition coefficient (Wildman–Crippen LogP) is 1.17. The van der Waals surface area contributed by atoms with Gasteiger partial charge >= 0.3 is 6.03 Å². The van der Waals surface area contributed by atoms with Gasteiger partial charge in [-0.15, -0.1) is 0 Å². The van der Waals surface area contributed by atoms with E-state index < -0.39 is 0 Å². The Morgan fingerprint density at radius 1 is 1.20 bits per heavy atom. The molecule has 4 N–H and O–H groups in total. The number of rotatable bonds is 6. The van der Waals surface area contributed by atoms with Crippen LogP contribution in [0.2, 0.25) is 0 Å². The molecular formula is C14H22N4O2. The second-order valence-electron chi connectivity index (χ2n) is 4.69. The van der Waals surface area contributed by atoms with Crippen LogP contribution < -0.4 is 21.3 Å². The van der Waals surface area contributed by atoms with Crippen molar-refractivity contribution in [2.75, 3.05) is 25.5 Å². The van der Waals surface area contributed by atoms with Gasteiger partial charge in [0.05, 0.1) is 0 Å². The predicted molar refractivity (Wildman–Crippen MR) is 80.0 cm³/mol. The molecule has 0 aliphatic carbocycles. The van der Waals surface area contributed by atoms with E-state index in [1.807, 2.05) is 20.9 Å². The zero-order chi connectivity index (χ0) is 15.0. The monoisotopic (exact) mass is 278 g/mol. The molecule has 1 rings (SSSR count). The molecule has 6 heteroatoms. The number of likely N-dealkylation sites (N-methyl/N-ethyl adjacent to an activating group) is 1. The summed E-state index contributed by atoms with van der Waals surface area (Å²) in [6, 6.07) is 6.60. The van der Waals surface area contributed by atoms with Gasteiger partial charge in [-0.05, 0) is 39.1 Å². The molecule has 0 aliphatic heterocycles. The molecule has 20 heavy (non-hydrogen) atoms. The second kappa shape index (κ2) is 8.16. The number of carbonyl (C=O) groups excluding carboxylic acids is 2. The normalized spacial score (nSPS) is 10.2. The van der Waals surface area contributed by atoms with Gasteiger partial charge in [0.25, 0.3) is 5.91 Å². The van der Waals surface area contributed by atoms with Gasteiger partial charge < -0.3 is 21.3 Å². The Labute approximate surface area is 119 Å². The lowest BCUT2D eigenvalue weighted by molar-refractivity contribution is 0.0954. The smallest absolute Gasteiger partial charge is 0.319 e. The van der Waals surface area contributed by atoms with E-state index in [0.717, 1.165) is 0 Å². The molecule has 0 aliphatic rings. The molecule has 0 aromatic heterocycles. The standard InChI is InChI=1S/C14H22N4O2/c1-10(2)17-14(20)18-12-6-4-5-11(9-12)13(19)16-8-7-15-3/h4-6,9-10,15H,7-8H2,1-3H3,(H,16,19)(H2,17,18,20). The number of nitrogens with one attached hydrogen (secondary N) is 4. The molecule has 0 unspecified atom stereocenters. The molecule has 0 heterocycles. The van der Waals surface area contributed by atoms with Gasteiger partial charge in [-0.25, -0.2) is 4.79 Å². The van der Waals surface area contributed by atoms with E-state index in [-0.39, 0.29) is 18.0 Å². The summed E-state index contributed by atoms with van der Waals surface area (Å²) >= 11 is 0. The highest BCUT2D eigenvalue weighted by molar-refractivity contribution is 5.96. The molecule has 0 radical (unpaired) electrons. The first-order valence-corrected chi connectivity index (χ1v) is 6.63. The van der Waals surface area contributed by atoms with E-state index in [0.29, 0.717) is 24.3 Å². The lowest BCUT2D eigenvalue weighted by Crippen LogP contribution is -2.34. The Kier molecular flexibility index (Phi) is 6.52. The van der Waals surface area contributed by atoms with Gasteiger partial charge in [0, 0.05) is 30.4 Å². The average molecular weight is 278 g/mol. The molecule has 0 bridgehead atoms. The van der Waals surface area contributed by atoms with Crippen molar-refractivity contribution in [1.29, 1.82) is 0 Å². The first-order valence-electron chi connectivity index (χ1n) is 6.63. The summed E-state index contributed by atoms with van der Waals surface area (Å²) in [7, 11) is 1.82. The van der Waals surface area contributed by atoms with Crippen LogP contribution in [0.1, 0.15) is 24.2 Å². The van der Waals surface area contributed by atoms with E-state index in [1.165, 1.54) is 0 Å². The number of benzene rings is 1. The highest BCUT2D eigenvalue weighted by atomic mass is 16.2. The van der Waals surface area contributed by atoms with Crippen molar-refractivity contribution in [3.8, 4) is 0 Å². The fourth-order valence-electron chi connectivity index (χ4n) is 1.57. The van der Waals surface area contributed by atoms with Crippen LogP contribution in [-0.2, 0) is 0 Å². The topological polar surface area (TPSA) is 82.3 Å². The zero-order valence-corrected chi connectivity index (χ0v) is 12.1. The molecule has 1 aromatic rings. The quantitative estimate of drug-likeness (QED) is 0.589. The first-order chi connectivity index (χ1) is 9.52. The van der Waals surface area contributed by atoms with Crippen LogP contribution in [0.25, 0.3) is 0 Å². The van der Waals surface area contributed by atoms with Crippen molar-refractivity contribution in [2.45, 2.75) is 19.9 Å². The van der Waals surface area contributed by atoms with E-state index in [1.54, 1.807) is 24.3 Å². The Balaban J connectivity index is 2.61. The number of anilines is 1. The molecule has 0 saturated heterocycles. The summed E-state index contributed by atoms with van der Waals surface area (Å²) in [6.45, 7) is 5.03. The van der Waals surface area contributed by atoms with Gasteiger partial charge in [0.1, 0.15) is 0 Å². The largest absolute Gasteiger partial charge is 0.351 e. The van der Waals surface area contributed by atoms with Crippen molar-refractivity contribution < 1.29 is 9.59 Å². The number of carbonyl (C=O) groups is 2. The third kappa shape index (κ3) is 5.71. The third-order valence-corrected chi connectivity index (χ3v) is 2.46. The van der Waals surface area contributed by atoms with Crippen molar-refractivity contribution in [3.05, 3.63) is 29.8 Å². The maximum atomic E-state index is 11.9. The SMILES string of the molecule is CNCCNC(=O)c1cccc(NC(=O)NC(C)C)c1. The Bertz CT molecular complexity index is 460. The van der Waals surface area contributed by atoms with Crippen LogP contribution in [0.4, 0.5) is 10.5 Å². The number of urea groups is 1. The number of hydrogen-bond acceptors (Lipinski definition) is 3. The average Bonchev–Trinajstić information content (AvgIpc) is 2.38. The molecule has 0 atom stereocenters. The van der Waals surface area contributed by atoms with Crippen LogP contribution in [0, 0.1) is 0 Å². The maximum absolute atomic E-state index is 11.9. The Hall–Kier alpha value is -2.08. The summed E-state index contributed by atoms with van der Waals surface area (Å²) in [5, 5.41) is 11.1. The summed E-state index contributed by atoms with van der Waals surface area (Å²) < 4.78 is 0. The summed E-state index contributed by atoms with van der Waals surface area (Å²) in [5.41, 5.74) is 1.10. The van der Waals surface area contributed by atoms with E-state index in [2.05, 4.69) is 21.3 Å². The van der Waals surface area contributed by atoms with Gasteiger partial charge in [-0.2, -0.15) is 0 Å². The molecule has 110 valence electrons. The minimum absolute atomic E-state index is 0.0584. The van der Waals surface area contributed by atoms with Crippen LogP contribution in [0.3, 0.4) is 0 Å². The van der Waals surface area contributed by atoms with Gasteiger partial charge in [0.2, 0.25) is 0 Å². The van der Waals surface area contributed by atoms with Crippen molar-refractivity contribution in [3.63, 3.8) is 0 Å². The molecule has 1 aromatic carbocycles. The Morgan fingerprint density at radius 2 is 1.95 bits per heavy atom. The third-order valence-electron chi connectivity index (χ3n) is 2.46. The van der Waals surface area contributed by atoms with Crippen molar-refractivity contribution in [1.82, 2.24) is 16.0 Å². The minimum atomic E-state index is -0.284. The highest BCUT2D eigenvalue weighted by Gasteiger charge is 2.07. The van der Waals surface area contributed by atoms with E-state index >= 15 is 0 Å². The Morgan fingerprint density at radius 3 is 2.60 bits per heavy atom. The fraction of sp³-hybridized carbons (Fsp3) is 0.429. The summed E-state index contributed by atoms with van der Waals surface area (Å²) in [4.78, 5) is 23.5. The molecule has 0 fully saturated rings. The lowest BCUT2D eigenvalue weighted by Gasteiger charge is -2.11. The molecule has 0 saturated carbocycles. The van der Waals surface area contributed by atoms with Crippen LogP contribution in [0.5, 0.6) is 0 Å². The number of amides is 3. The number of hydrogen-bond donors (Lipinski definition) is 4. The second-order valence-corrected chi connectivity index (χ2v) is 4.69. The van der Waals surface area contributed by atoms with Gasteiger partial charge in [-0.3, -0.25) is 4.79 Å².